The van der Waals surface area contributed by atoms with Crippen LogP contribution in [0.5, 0.6) is 0 Å². The maximum Gasteiger partial charge on any atom is 0.137 e. The fraction of sp³-hybridized carbons (Fsp3) is 0.667. The van der Waals surface area contributed by atoms with Crippen LogP contribution in [0.4, 0.5) is 5.82 Å². The van der Waals surface area contributed by atoms with Crippen LogP contribution in [0.15, 0.2) is 0 Å². The smallest absolute Gasteiger partial charge is 0.137 e. The van der Waals surface area contributed by atoms with Gasteiger partial charge in [-0.05, 0) is 13.8 Å². The Balaban J connectivity index is 3.22. The first-order valence-corrected chi connectivity index (χ1v) is 6.14. The van der Waals surface area contributed by atoms with Gasteiger partial charge in [0.2, 0.25) is 0 Å². The van der Waals surface area contributed by atoms with Crippen molar-refractivity contribution in [3.63, 3.8) is 0 Å². The Morgan fingerprint density at radius 3 is 2.35 bits per heavy atom. The average molecular weight is 258 g/mol. The Kier molecular flexibility index (Phi) is 4.71. The molecule has 0 aliphatic heterocycles. The maximum absolute atomic E-state index is 9.19. The van der Waals surface area contributed by atoms with Crippen LogP contribution in [0.25, 0.3) is 0 Å². The number of anilines is 1. The highest BCUT2D eigenvalue weighted by Crippen LogP contribution is 2.26. The lowest BCUT2D eigenvalue weighted by Gasteiger charge is -2.26. The van der Waals surface area contributed by atoms with Crippen molar-refractivity contribution < 1.29 is 5.11 Å². The first kappa shape index (κ1) is 14.2. The summed E-state index contributed by atoms with van der Waals surface area (Å²) in [6, 6.07) is -0.000297. The first-order valence-electron chi connectivity index (χ1n) is 5.76. The van der Waals surface area contributed by atoms with Gasteiger partial charge in [0.25, 0.3) is 0 Å². The van der Waals surface area contributed by atoms with Crippen molar-refractivity contribution in [3.05, 3.63) is 16.5 Å². The number of aliphatic hydroxyl groups excluding tert-OH is 1. The molecule has 1 unspecified atom stereocenters. The van der Waals surface area contributed by atoms with Crippen LogP contribution in [0.1, 0.15) is 38.1 Å². The van der Waals surface area contributed by atoms with Crippen LogP contribution in [0.3, 0.4) is 0 Å². The molecule has 1 aromatic heterocycles. The molecule has 1 N–H and O–H groups in total. The molecule has 0 fully saturated rings. The van der Waals surface area contributed by atoms with E-state index in [0.29, 0.717) is 5.15 Å². The van der Waals surface area contributed by atoms with E-state index in [4.69, 9.17) is 11.6 Å². The van der Waals surface area contributed by atoms with Crippen LogP contribution in [0.2, 0.25) is 5.15 Å². The Labute approximate surface area is 108 Å². The zero-order valence-corrected chi connectivity index (χ0v) is 11.8. The molecule has 1 atom stereocenters. The minimum Gasteiger partial charge on any atom is -0.394 e. The third-order valence-corrected chi connectivity index (χ3v) is 3.22. The van der Waals surface area contributed by atoms with Gasteiger partial charge in [0.15, 0.2) is 0 Å². The minimum absolute atomic E-state index is 0.000297. The number of aromatic nitrogens is 2. The number of rotatable bonds is 4. The van der Waals surface area contributed by atoms with E-state index in [1.54, 1.807) is 0 Å². The van der Waals surface area contributed by atoms with E-state index in [2.05, 4.69) is 9.97 Å². The topological polar surface area (TPSA) is 49.2 Å². The molecular weight excluding hydrogens is 238 g/mol. The Hall–Kier alpha value is -0.870. The fourth-order valence-electron chi connectivity index (χ4n) is 1.43. The summed E-state index contributed by atoms with van der Waals surface area (Å²) < 4.78 is 0. The van der Waals surface area contributed by atoms with Gasteiger partial charge in [0.1, 0.15) is 16.8 Å². The van der Waals surface area contributed by atoms with Gasteiger partial charge in [-0.3, -0.25) is 0 Å². The summed E-state index contributed by atoms with van der Waals surface area (Å²) in [4.78, 5) is 10.7. The van der Waals surface area contributed by atoms with Gasteiger partial charge in [-0.15, -0.1) is 0 Å². The highest BCUT2D eigenvalue weighted by molar-refractivity contribution is 6.30. The molecule has 0 aliphatic rings. The molecule has 1 heterocycles. The summed E-state index contributed by atoms with van der Waals surface area (Å²) in [6.07, 6.45) is 0. The normalized spacial score (nSPS) is 12.9. The van der Waals surface area contributed by atoms with E-state index in [9.17, 15) is 5.11 Å². The number of hydrogen-bond acceptors (Lipinski definition) is 4. The lowest BCUT2D eigenvalue weighted by atomic mass is 10.2. The summed E-state index contributed by atoms with van der Waals surface area (Å²) in [7, 11) is 1.90. The van der Waals surface area contributed by atoms with Crippen LogP contribution in [0, 0.1) is 6.92 Å². The van der Waals surface area contributed by atoms with Gasteiger partial charge in [0, 0.05) is 18.5 Å². The standard InChI is InChI=1S/C12H20ClN3O/c1-7(2)11-14-10(13)9(4)12(15-11)16(5)8(3)6-17/h7-8,17H,6H2,1-5H3. The largest absolute Gasteiger partial charge is 0.394 e. The molecule has 0 radical (unpaired) electrons. The predicted octanol–water partition coefficient (Wildman–Crippen LogP) is 2.38. The van der Waals surface area contributed by atoms with Crippen molar-refractivity contribution in [3.8, 4) is 0 Å². The molecular formula is C12H20ClN3O. The Morgan fingerprint density at radius 2 is 1.88 bits per heavy atom. The summed E-state index contributed by atoms with van der Waals surface area (Å²) in [6.45, 7) is 7.96. The van der Waals surface area contributed by atoms with Crippen molar-refractivity contribution in [2.24, 2.45) is 0 Å². The Morgan fingerprint density at radius 1 is 1.29 bits per heavy atom. The molecule has 5 heteroatoms. The number of aliphatic hydroxyl groups is 1. The molecule has 96 valence electrons. The summed E-state index contributed by atoms with van der Waals surface area (Å²) in [5.41, 5.74) is 0.846. The molecule has 1 aromatic rings. The fourth-order valence-corrected chi connectivity index (χ4v) is 1.60. The second kappa shape index (κ2) is 5.65. The van der Waals surface area contributed by atoms with Crippen LogP contribution in [-0.4, -0.2) is 34.8 Å². The molecule has 0 aromatic carbocycles. The number of likely N-dealkylation sites (N-methyl/N-ethyl adjacent to an activating group) is 1. The van der Waals surface area contributed by atoms with Crippen molar-refractivity contribution in [2.75, 3.05) is 18.6 Å². The lowest BCUT2D eigenvalue weighted by Crippen LogP contribution is -2.33. The van der Waals surface area contributed by atoms with E-state index in [1.807, 2.05) is 39.6 Å². The van der Waals surface area contributed by atoms with E-state index in [0.717, 1.165) is 17.2 Å². The first-order chi connectivity index (χ1) is 7.88. The number of hydrogen-bond donors (Lipinski definition) is 1. The van der Waals surface area contributed by atoms with E-state index in [-0.39, 0.29) is 18.6 Å². The zero-order valence-electron chi connectivity index (χ0n) is 11.0. The summed E-state index contributed by atoms with van der Waals surface area (Å²) in [5, 5.41) is 9.67. The van der Waals surface area contributed by atoms with Gasteiger partial charge in [-0.2, -0.15) is 0 Å². The highest BCUT2D eigenvalue weighted by atomic mass is 35.5. The number of nitrogens with zero attached hydrogens (tertiary/aromatic N) is 3. The zero-order chi connectivity index (χ0) is 13.2. The molecule has 4 nitrogen and oxygen atoms in total. The molecule has 17 heavy (non-hydrogen) atoms. The monoisotopic (exact) mass is 257 g/mol. The SMILES string of the molecule is Cc1c(Cl)nc(C(C)C)nc1N(C)C(C)CO. The second-order valence-electron chi connectivity index (χ2n) is 4.62. The van der Waals surface area contributed by atoms with Gasteiger partial charge < -0.3 is 10.0 Å². The summed E-state index contributed by atoms with van der Waals surface area (Å²) in [5.74, 6) is 1.74. The second-order valence-corrected chi connectivity index (χ2v) is 4.98. The Bertz CT molecular complexity index is 396. The molecule has 1 rings (SSSR count). The predicted molar refractivity (Wildman–Crippen MR) is 70.8 cm³/mol. The lowest BCUT2D eigenvalue weighted by molar-refractivity contribution is 0.269. The van der Waals surface area contributed by atoms with Gasteiger partial charge in [-0.1, -0.05) is 25.4 Å². The van der Waals surface area contributed by atoms with Crippen LogP contribution < -0.4 is 4.90 Å². The van der Waals surface area contributed by atoms with Crippen molar-refractivity contribution in [1.82, 2.24) is 9.97 Å². The van der Waals surface area contributed by atoms with E-state index < -0.39 is 0 Å². The maximum atomic E-state index is 9.19. The number of halogens is 1. The van der Waals surface area contributed by atoms with Gasteiger partial charge >= 0.3 is 0 Å². The molecule has 0 saturated carbocycles. The van der Waals surface area contributed by atoms with Crippen molar-refractivity contribution in [2.45, 2.75) is 39.7 Å². The van der Waals surface area contributed by atoms with E-state index in [1.165, 1.54) is 0 Å². The van der Waals surface area contributed by atoms with Crippen LogP contribution in [-0.2, 0) is 0 Å². The quantitative estimate of drug-likeness (QED) is 0.842. The van der Waals surface area contributed by atoms with Crippen LogP contribution >= 0.6 is 11.6 Å². The summed E-state index contributed by atoms with van der Waals surface area (Å²) >= 11 is 6.11. The molecule has 0 aliphatic carbocycles. The van der Waals surface area contributed by atoms with Gasteiger partial charge in [0.05, 0.1) is 12.6 Å². The third kappa shape index (κ3) is 3.07. The highest BCUT2D eigenvalue weighted by Gasteiger charge is 2.17. The van der Waals surface area contributed by atoms with Crippen molar-refractivity contribution >= 4 is 17.4 Å². The molecule has 0 bridgehead atoms. The minimum atomic E-state index is -0.000297. The third-order valence-electron chi connectivity index (χ3n) is 2.85. The molecule has 0 saturated heterocycles. The molecule has 0 amide bonds. The van der Waals surface area contributed by atoms with E-state index >= 15 is 0 Å². The average Bonchev–Trinajstić information content (AvgIpc) is 2.30. The van der Waals surface area contributed by atoms with Gasteiger partial charge in [-0.25, -0.2) is 9.97 Å². The molecule has 0 spiro atoms. The van der Waals surface area contributed by atoms with Crippen molar-refractivity contribution in [1.29, 1.82) is 0 Å².